The summed E-state index contributed by atoms with van der Waals surface area (Å²) in [6.45, 7) is 3.47. The van der Waals surface area contributed by atoms with Crippen molar-refractivity contribution in [2.24, 2.45) is 0 Å². The van der Waals surface area contributed by atoms with Gasteiger partial charge in [0.2, 0.25) is 5.91 Å². The Kier molecular flexibility index (Phi) is 4.48. The van der Waals surface area contributed by atoms with Gasteiger partial charge in [0.15, 0.2) is 0 Å². The minimum Gasteiger partial charge on any atom is -0.340 e. The van der Waals surface area contributed by atoms with Crippen LogP contribution in [0.4, 0.5) is 0 Å². The van der Waals surface area contributed by atoms with E-state index in [0.717, 1.165) is 31.4 Å². The zero-order chi connectivity index (χ0) is 13.9. The van der Waals surface area contributed by atoms with Crippen LogP contribution in [-0.2, 0) is 11.3 Å². The molecule has 0 spiro atoms. The third-order valence-corrected chi connectivity index (χ3v) is 4.17. The SMILES string of the molecule is CN(Cc1ccccc1Cl)C(=O)C1(C)CCCCN1. The zero-order valence-electron chi connectivity index (χ0n) is 11.6. The van der Waals surface area contributed by atoms with Crippen LogP contribution in [-0.4, -0.2) is 29.9 Å². The Balaban J connectivity index is 2.05. The Morgan fingerprint density at radius 3 is 2.79 bits per heavy atom. The van der Waals surface area contributed by atoms with E-state index in [9.17, 15) is 4.79 Å². The van der Waals surface area contributed by atoms with Crippen molar-refractivity contribution in [3.63, 3.8) is 0 Å². The maximum Gasteiger partial charge on any atom is 0.242 e. The molecule has 1 unspecified atom stereocenters. The largest absolute Gasteiger partial charge is 0.340 e. The first-order valence-corrected chi connectivity index (χ1v) is 7.15. The summed E-state index contributed by atoms with van der Waals surface area (Å²) in [7, 11) is 1.84. The summed E-state index contributed by atoms with van der Waals surface area (Å²) < 4.78 is 0. The van der Waals surface area contributed by atoms with Gasteiger partial charge in [-0.1, -0.05) is 29.8 Å². The van der Waals surface area contributed by atoms with Gasteiger partial charge in [0.25, 0.3) is 0 Å². The van der Waals surface area contributed by atoms with Crippen LogP contribution in [0.5, 0.6) is 0 Å². The van der Waals surface area contributed by atoms with Gasteiger partial charge in [-0.2, -0.15) is 0 Å². The van der Waals surface area contributed by atoms with E-state index < -0.39 is 5.54 Å². The lowest BCUT2D eigenvalue weighted by Crippen LogP contribution is -2.57. The van der Waals surface area contributed by atoms with Gasteiger partial charge >= 0.3 is 0 Å². The molecule has 1 aliphatic heterocycles. The Bertz CT molecular complexity index is 455. The fourth-order valence-corrected chi connectivity index (χ4v) is 2.81. The van der Waals surface area contributed by atoms with E-state index in [4.69, 9.17) is 11.6 Å². The number of benzene rings is 1. The molecule has 1 atom stereocenters. The quantitative estimate of drug-likeness (QED) is 0.923. The molecule has 0 aliphatic carbocycles. The van der Waals surface area contributed by atoms with Gasteiger partial charge < -0.3 is 10.2 Å². The second-order valence-electron chi connectivity index (χ2n) is 5.47. The zero-order valence-corrected chi connectivity index (χ0v) is 12.3. The highest BCUT2D eigenvalue weighted by molar-refractivity contribution is 6.31. The van der Waals surface area contributed by atoms with Crippen LogP contribution in [0.3, 0.4) is 0 Å². The highest BCUT2D eigenvalue weighted by atomic mass is 35.5. The number of carbonyl (C=O) groups is 1. The van der Waals surface area contributed by atoms with Crippen molar-refractivity contribution in [2.45, 2.75) is 38.3 Å². The van der Waals surface area contributed by atoms with Crippen molar-refractivity contribution in [3.8, 4) is 0 Å². The lowest BCUT2D eigenvalue weighted by Gasteiger charge is -2.36. The summed E-state index contributed by atoms with van der Waals surface area (Å²) in [6, 6.07) is 7.66. The van der Waals surface area contributed by atoms with Crippen LogP contribution in [0.1, 0.15) is 31.7 Å². The minimum absolute atomic E-state index is 0.145. The number of halogens is 1. The van der Waals surface area contributed by atoms with Crippen molar-refractivity contribution in [2.75, 3.05) is 13.6 Å². The van der Waals surface area contributed by atoms with Crippen molar-refractivity contribution in [1.29, 1.82) is 0 Å². The van der Waals surface area contributed by atoms with Crippen molar-refractivity contribution in [3.05, 3.63) is 34.9 Å². The van der Waals surface area contributed by atoms with E-state index in [-0.39, 0.29) is 5.91 Å². The number of carbonyl (C=O) groups excluding carboxylic acids is 1. The second kappa shape index (κ2) is 5.93. The molecule has 1 aromatic rings. The summed E-state index contributed by atoms with van der Waals surface area (Å²) >= 11 is 6.14. The number of hydrogen-bond acceptors (Lipinski definition) is 2. The molecule has 0 bridgehead atoms. The molecule has 4 heteroatoms. The Morgan fingerprint density at radius 2 is 2.16 bits per heavy atom. The number of hydrogen-bond donors (Lipinski definition) is 1. The molecule has 1 fully saturated rings. The monoisotopic (exact) mass is 280 g/mol. The number of likely N-dealkylation sites (N-methyl/N-ethyl adjacent to an activating group) is 1. The maximum absolute atomic E-state index is 12.6. The van der Waals surface area contributed by atoms with Crippen molar-refractivity contribution < 1.29 is 4.79 Å². The number of rotatable bonds is 3. The molecule has 1 heterocycles. The first kappa shape index (κ1) is 14.4. The summed E-state index contributed by atoms with van der Waals surface area (Å²) in [4.78, 5) is 14.3. The third kappa shape index (κ3) is 3.28. The molecule has 3 nitrogen and oxygen atoms in total. The highest BCUT2D eigenvalue weighted by Crippen LogP contribution is 2.23. The molecule has 1 saturated heterocycles. The van der Waals surface area contributed by atoms with E-state index in [1.807, 2.05) is 38.2 Å². The lowest BCUT2D eigenvalue weighted by atomic mass is 9.89. The van der Waals surface area contributed by atoms with E-state index in [0.29, 0.717) is 11.6 Å². The summed E-state index contributed by atoms with van der Waals surface area (Å²) in [5.41, 5.74) is 0.563. The molecule has 19 heavy (non-hydrogen) atoms. The first-order valence-electron chi connectivity index (χ1n) is 6.77. The Hall–Kier alpha value is -1.06. The van der Waals surface area contributed by atoms with Gasteiger partial charge in [-0.3, -0.25) is 4.79 Å². The fraction of sp³-hybridized carbons (Fsp3) is 0.533. The van der Waals surface area contributed by atoms with Crippen LogP contribution in [0, 0.1) is 0 Å². The average Bonchev–Trinajstić information content (AvgIpc) is 2.41. The fourth-order valence-electron chi connectivity index (χ4n) is 2.61. The number of nitrogens with one attached hydrogen (secondary N) is 1. The molecule has 2 rings (SSSR count). The van der Waals surface area contributed by atoms with Crippen LogP contribution >= 0.6 is 11.6 Å². The molecule has 1 aliphatic rings. The predicted molar refractivity (Wildman–Crippen MR) is 78.2 cm³/mol. The average molecular weight is 281 g/mol. The molecule has 1 aromatic carbocycles. The van der Waals surface area contributed by atoms with E-state index in [2.05, 4.69) is 5.32 Å². The molecule has 1 amide bonds. The van der Waals surface area contributed by atoms with Gasteiger partial charge in [-0.05, 0) is 44.4 Å². The number of amides is 1. The van der Waals surface area contributed by atoms with Crippen molar-refractivity contribution in [1.82, 2.24) is 10.2 Å². The lowest BCUT2D eigenvalue weighted by molar-refractivity contribution is -0.137. The highest BCUT2D eigenvalue weighted by Gasteiger charge is 2.36. The van der Waals surface area contributed by atoms with Crippen LogP contribution in [0.2, 0.25) is 5.02 Å². The van der Waals surface area contributed by atoms with Crippen LogP contribution in [0.15, 0.2) is 24.3 Å². The Labute approximate surface area is 119 Å². The summed E-state index contributed by atoms with van der Waals surface area (Å²) in [5, 5.41) is 4.06. The van der Waals surface area contributed by atoms with Gasteiger partial charge in [0, 0.05) is 18.6 Å². The van der Waals surface area contributed by atoms with Gasteiger partial charge in [0.1, 0.15) is 0 Å². The standard InChI is InChI=1S/C15H21ClN2O/c1-15(9-5-6-10-17-15)14(19)18(2)11-12-7-3-4-8-13(12)16/h3-4,7-8,17H,5-6,9-11H2,1-2H3. The van der Waals surface area contributed by atoms with E-state index in [1.165, 1.54) is 0 Å². The normalized spacial score (nSPS) is 23.1. The van der Waals surface area contributed by atoms with Gasteiger partial charge in [-0.25, -0.2) is 0 Å². The minimum atomic E-state index is -0.422. The Morgan fingerprint density at radius 1 is 1.42 bits per heavy atom. The number of piperidine rings is 1. The molecular formula is C15H21ClN2O. The number of nitrogens with zero attached hydrogens (tertiary/aromatic N) is 1. The molecular weight excluding hydrogens is 260 g/mol. The first-order chi connectivity index (χ1) is 9.03. The summed E-state index contributed by atoms with van der Waals surface area (Å²) in [6.07, 6.45) is 3.16. The van der Waals surface area contributed by atoms with E-state index in [1.54, 1.807) is 4.90 Å². The van der Waals surface area contributed by atoms with Gasteiger partial charge in [-0.15, -0.1) is 0 Å². The summed E-state index contributed by atoms with van der Waals surface area (Å²) in [5.74, 6) is 0.145. The van der Waals surface area contributed by atoms with Crippen molar-refractivity contribution >= 4 is 17.5 Å². The molecule has 1 N–H and O–H groups in total. The molecule has 0 aromatic heterocycles. The van der Waals surface area contributed by atoms with Crippen LogP contribution in [0.25, 0.3) is 0 Å². The maximum atomic E-state index is 12.6. The molecule has 104 valence electrons. The van der Waals surface area contributed by atoms with E-state index >= 15 is 0 Å². The van der Waals surface area contributed by atoms with Gasteiger partial charge in [0.05, 0.1) is 5.54 Å². The third-order valence-electron chi connectivity index (χ3n) is 3.80. The predicted octanol–water partition coefficient (Wildman–Crippen LogP) is 2.83. The molecule has 0 saturated carbocycles. The smallest absolute Gasteiger partial charge is 0.242 e. The van der Waals surface area contributed by atoms with Crippen LogP contribution < -0.4 is 5.32 Å². The topological polar surface area (TPSA) is 32.3 Å². The molecule has 0 radical (unpaired) electrons. The second-order valence-corrected chi connectivity index (χ2v) is 5.88.